The quantitative estimate of drug-likeness (QED) is 0.788. The summed E-state index contributed by atoms with van der Waals surface area (Å²) in [6.07, 6.45) is 3.14. The molecule has 0 aliphatic heterocycles. The summed E-state index contributed by atoms with van der Waals surface area (Å²) >= 11 is 1.45. The summed E-state index contributed by atoms with van der Waals surface area (Å²) in [4.78, 5) is 36.2. The minimum absolute atomic E-state index is 0.127. The average Bonchev–Trinajstić information content (AvgIpc) is 2.93. The van der Waals surface area contributed by atoms with E-state index in [4.69, 9.17) is 4.74 Å². The second-order valence-electron chi connectivity index (χ2n) is 5.43. The van der Waals surface area contributed by atoms with Crippen molar-refractivity contribution in [2.24, 2.45) is 5.92 Å². The highest BCUT2D eigenvalue weighted by atomic mass is 32.1. The maximum Gasteiger partial charge on any atom is 0.348 e. The fourth-order valence-electron chi connectivity index (χ4n) is 2.33. The van der Waals surface area contributed by atoms with Gasteiger partial charge >= 0.3 is 5.97 Å². The lowest BCUT2D eigenvalue weighted by atomic mass is 9.90. The van der Waals surface area contributed by atoms with Crippen molar-refractivity contribution in [1.82, 2.24) is 10.6 Å². The zero-order valence-electron chi connectivity index (χ0n) is 12.7. The highest BCUT2D eigenvalue weighted by molar-refractivity contribution is 7.14. The number of thiophene rings is 1. The van der Waals surface area contributed by atoms with Crippen LogP contribution in [0.15, 0.2) is 6.07 Å². The minimum atomic E-state index is -0.494. The van der Waals surface area contributed by atoms with Gasteiger partial charge in [0, 0.05) is 11.9 Å². The van der Waals surface area contributed by atoms with Crippen LogP contribution in [0.25, 0.3) is 0 Å². The number of ether oxygens (including phenoxy) is 1. The van der Waals surface area contributed by atoms with Crippen LogP contribution in [0.1, 0.15) is 33.5 Å². The number of carbonyl (C=O) groups excluding carboxylic acids is 3. The van der Waals surface area contributed by atoms with Crippen molar-refractivity contribution in [3.63, 3.8) is 0 Å². The van der Waals surface area contributed by atoms with Gasteiger partial charge in [0.05, 0.1) is 6.54 Å². The van der Waals surface area contributed by atoms with E-state index in [0.717, 1.165) is 19.3 Å². The van der Waals surface area contributed by atoms with Crippen LogP contribution in [-0.2, 0) is 27.2 Å². The number of fused-ring (bicyclic) bond motifs is 1. The van der Waals surface area contributed by atoms with Crippen molar-refractivity contribution >= 4 is 29.1 Å². The van der Waals surface area contributed by atoms with Gasteiger partial charge in [-0.25, -0.2) is 4.79 Å². The van der Waals surface area contributed by atoms with E-state index in [-0.39, 0.29) is 19.1 Å². The standard InChI is InChI=1S/C15H20N2O4S/c1-9-3-4-11-10(5-9)6-12(22-11)15(20)21-8-14(19)17-7-13(18)16-2/h6,9H,3-5,7-8H2,1-2H3,(H,16,18)(H,17,19)/t9-/m0/s1. The Morgan fingerprint density at radius 1 is 1.36 bits per heavy atom. The molecule has 0 spiro atoms. The monoisotopic (exact) mass is 324 g/mol. The van der Waals surface area contributed by atoms with Gasteiger partial charge < -0.3 is 15.4 Å². The van der Waals surface area contributed by atoms with E-state index >= 15 is 0 Å². The van der Waals surface area contributed by atoms with Crippen LogP contribution in [0.3, 0.4) is 0 Å². The predicted molar refractivity (Wildman–Crippen MR) is 82.9 cm³/mol. The molecule has 0 bridgehead atoms. The zero-order chi connectivity index (χ0) is 16.1. The zero-order valence-corrected chi connectivity index (χ0v) is 13.5. The third kappa shape index (κ3) is 4.30. The van der Waals surface area contributed by atoms with Crippen LogP contribution >= 0.6 is 11.3 Å². The molecule has 0 unspecified atom stereocenters. The van der Waals surface area contributed by atoms with Crippen molar-refractivity contribution in [3.05, 3.63) is 21.4 Å². The number of rotatable bonds is 5. The van der Waals surface area contributed by atoms with E-state index in [1.807, 2.05) is 6.07 Å². The third-order valence-corrected chi connectivity index (χ3v) is 4.81. The molecular formula is C15H20N2O4S. The van der Waals surface area contributed by atoms with Gasteiger partial charge in [-0.05, 0) is 36.8 Å². The molecule has 0 saturated heterocycles. The molecule has 1 aromatic heterocycles. The van der Waals surface area contributed by atoms with Crippen molar-refractivity contribution in [2.75, 3.05) is 20.2 Å². The Kier molecular flexibility index (Phi) is 5.54. The summed E-state index contributed by atoms with van der Waals surface area (Å²) in [6, 6.07) is 1.88. The Bertz CT molecular complexity index is 582. The molecular weight excluding hydrogens is 304 g/mol. The van der Waals surface area contributed by atoms with Crippen molar-refractivity contribution in [3.8, 4) is 0 Å². The van der Waals surface area contributed by atoms with Gasteiger partial charge in [0.25, 0.3) is 5.91 Å². The molecule has 120 valence electrons. The molecule has 2 rings (SSSR count). The predicted octanol–water partition coefficient (Wildman–Crippen LogP) is 0.892. The van der Waals surface area contributed by atoms with E-state index in [1.54, 1.807) is 0 Å². The first kappa shape index (κ1) is 16.5. The lowest BCUT2D eigenvalue weighted by Gasteiger charge is -2.16. The first-order chi connectivity index (χ1) is 10.5. The molecule has 22 heavy (non-hydrogen) atoms. The van der Waals surface area contributed by atoms with Gasteiger partial charge in [-0.15, -0.1) is 11.3 Å². The summed E-state index contributed by atoms with van der Waals surface area (Å²) in [7, 11) is 1.48. The van der Waals surface area contributed by atoms with Gasteiger partial charge in [-0.3, -0.25) is 9.59 Å². The van der Waals surface area contributed by atoms with E-state index < -0.39 is 11.9 Å². The van der Waals surface area contributed by atoms with E-state index in [9.17, 15) is 14.4 Å². The summed E-state index contributed by atoms with van der Waals surface area (Å²) in [5.41, 5.74) is 1.22. The smallest absolute Gasteiger partial charge is 0.348 e. The topological polar surface area (TPSA) is 84.5 Å². The molecule has 1 aliphatic carbocycles. The van der Waals surface area contributed by atoms with E-state index in [1.165, 1.54) is 28.8 Å². The molecule has 2 N–H and O–H groups in total. The Morgan fingerprint density at radius 3 is 2.86 bits per heavy atom. The summed E-state index contributed by atoms with van der Waals surface area (Å²) in [5, 5.41) is 4.75. The second-order valence-corrected chi connectivity index (χ2v) is 6.57. The van der Waals surface area contributed by atoms with E-state index in [2.05, 4.69) is 17.6 Å². The van der Waals surface area contributed by atoms with Gasteiger partial charge in [0.1, 0.15) is 4.88 Å². The molecule has 1 heterocycles. The fourth-order valence-corrected chi connectivity index (χ4v) is 3.43. The van der Waals surface area contributed by atoms with Crippen LogP contribution in [-0.4, -0.2) is 38.0 Å². The maximum atomic E-state index is 12.0. The summed E-state index contributed by atoms with van der Waals surface area (Å²) in [6.45, 7) is 1.70. The maximum absolute atomic E-state index is 12.0. The molecule has 1 aromatic rings. The van der Waals surface area contributed by atoms with Crippen LogP contribution in [0.4, 0.5) is 0 Å². The number of aryl methyl sites for hydroxylation is 1. The van der Waals surface area contributed by atoms with Gasteiger partial charge in [-0.2, -0.15) is 0 Å². The number of hydrogen-bond donors (Lipinski definition) is 2. The Labute approximate surface area is 133 Å². The Hall–Kier alpha value is -1.89. The molecule has 6 nitrogen and oxygen atoms in total. The highest BCUT2D eigenvalue weighted by Crippen LogP contribution is 2.32. The van der Waals surface area contributed by atoms with Crippen LogP contribution < -0.4 is 10.6 Å². The van der Waals surface area contributed by atoms with Crippen molar-refractivity contribution in [2.45, 2.75) is 26.2 Å². The summed E-state index contributed by atoms with van der Waals surface area (Å²) < 4.78 is 4.99. The van der Waals surface area contributed by atoms with Gasteiger partial charge in [0.2, 0.25) is 5.91 Å². The lowest BCUT2D eigenvalue weighted by molar-refractivity contribution is -0.127. The molecule has 1 atom stereocenters. The molecule has 1 aliphatic rings. The molecule has 7 heteroatoms. The van der Waals surface area contributed by atoms with Crippen molar-refractivity contribution < 1.29 is 19.1 Å². The SMILES string of the molecule is CNC(=O)CNC(=O)COC(=O)c1cc2c(s1)CC[C@H](C)C2. The molecule has 0 saturated carbocycles. The third-order valence-electron chi connectivity index (χ3n) is 3.59. The summed E-state index contributed by atoms with van der Waals surface area (Å²) in [5.74, 6) is -0.643. The van der Waals surface area contributed by atoms with Crippen LogP contribution in [0.5, 0.6) is 0 Å². The van der Waals surface area contributed by atoms with Gasteiger partial charge in [-0.1, -0.05) is 6.92 Å². The second kappa shape index (κ2) is 7.40. The normalized spacial score (nSPS) is 16.5. The molecule has 0 aromatic carbocycles. The number of esters is 1. The molecule has 0 radical (unpaired) electrons. The largest absolute Gasteiger partial charge is 0.451 e. The highest BCUT2D eigenvalue weighted by Gasteiger charge is 2.21. The Morgan fingerprint density at radius 2 is 2.14 bits per heavy atom. The van der Waals surface area contributed by atoms with Gasteiger partial charge in [0.15, 0.2) is 6.61 Å². The average molecular weight is 324 g/mol. The Balaban J connectivity index is 1.83. The molecule has 2 amide bonds. The van der Waals surface area contributed by atoms with E-state index in [0.29, 0.717) is 10.8 Å². The first-order valence-corrected chi connectivity index (χ1v) is 8.07. The van der Waals surface area contributed by atoms with Crippen LogP contribution in [0.2, 0.25) is 0 Å². The number of amides is 2. The molecule has 0 fully saturated rings. The van der Waals surface area contributed by atoms with Crippen LogP contribution in [0, 0.1) is 5.92 Å². The number of hydrogen-bond acceptors (Lipinski definition) is 5. The number of likely N-dealkylation sites (N-methyl/N-ethyl adjacent to an activating group) is 1. The number of nitrogens with one attached hydrogen (secondary N) is 2. The number of carbonyl (C=O) groups is 3. The lowest BCUT2D eigenvalue weighted by Crippen LogP contribution is -2.37. The fraction of sp³-hybridized carbons (Fsp3) is 0.533. The first-order valence-electron chi connectivity index (χ1n) is 7.25. The van der Waals surface area contributed by atoms with Crippen molar-refractivity contribution in [1.29, 1.82) is 0 Å². The minimum Gasteiger partial charge on any atom is -0.451 e.